The average molecular weight is 162 g/mol. The van der Waals surface area contributed by atoms with Crippen LogP contribution in [0.25, 0.3) is 5.70 Å². The van der Waals surface area contributed by atoms with Gasteiger partial charge in [-0.05, 0) is 6.92 Å². The largest absolute Gasteiger partial charge is 0.343 e. The molecule has 1 N–H and O–H groups in total. The molecule has 1 aromatic rings. The van der Waals surface area contributed by atoms with Gasteiger partial charge in [0.2, 0.25) is 0 Å². The number of amidine groups is 1. The van der Waals surface area contributed by atoms with Gasteiger partial charge in [0.05, 0.1) is 12.0 Å². The molecule has 4 nitrogen and oxygen atoms in total. The Morgan fingerprint density at radius 2 is 2.33 bits per heavy atom. The molecule has 62 valence electrons. The fraction of sp³-hybridized carbons (Fsp3) is 0.250. The highest BCUT2D eigenvalue weighted by atomic mass is 15.2. The topological polar surface area (TPSA) is 42.2 Å². The maximum Gasteiger partial charge on any atom is 0.163 e. The van der Waals surface area contributed by atoms with Gasteiger partial charge in [-0.25, -0.2) is 9.98 Å². The van der Waals surface area contributed by atoms with E-state index in [0.717, 1.165) is 23.0 Å². The molecular formula is C8H10N4. The lowest BCUT2D eigenvalue weighted by molar-refractivity contribution is 0.908. The summed E-state index contributed by atoms with van der Waals surface area (Å²) in [7, 11) is 1.92. The van der Waals surface area contributed by atoms with Crippen LogP contribution in [0.3, 0.4) is 0 Å². The lowest BCUT2D eigenvalue weighted by atomic mass is 10.3. The molecule has 0 fully saturated rings. The van der Waals surface area contributed by atoms with E-state index in [1.807, 2.05) is 18.5 Å². The number of nitrogens with zero attached hydrogens (tertiary/aromatic N) is 3. The number of fused-ring (bicyclic) bond motifs is 1. The summed E-state index contributed by atoms with van der Waals surface area (Å²) in [5.74, 6) is 1.73. The third kappa shape index (κ3) is 0.845. The normalized spacial score (nSPS) is 15.2. The van der Waals surface area contributed by atoms with E-state index in [-0.39, 0.29) is 0 Å². The standard InChI is InChI=1S/C8H10N4/c1-5-7-8(11-6(2)10-5)12(3)4-9-7/h4H,1H2,2-3H3,(H,10,11). The monoisotopic (exact) mass is 162 g/mol. The van der Waals surface area contributed by atoms with Gasteiger partial charge in [-0.2, -0.15) is 0 Å². The van der Waals surface area contributed by atoms with Crippen molar-refractivity contribution < 1.29 is 0 Å². The fourth-order valence-corrected chi connectivity index (χ4v) is 1.23. The number of imidazole rings is 1. The first kappa shape index (κ1) is 7.09. The number of hydrogen-bond donors (Lipinski definition) is 1. The lowest BCUT2D eigenvalue weighted by Crippen LogP contribution is -2.21. The first-order valence-electron chi connectivity index (χ1n) is 3.71. The second-order valence-corrected chi connectivity index (χ2v) is 2.83. The highest BCUT2D eigenvalue weighted by Crippen LogP contribution is 2.25. The van der Waals surface area contributed by atoms with Crippen molar-refractivity contribution >= 4 is 17.4 Å². The molecule has 1 aliphatic rings. The maximum atomic E-state index is 4.30. The van der Waals surface area contributed by atoms with Crippen molar-refractivity contribution in [1.82, 2.24) is 14.9 Å². The van der Waals surface area contributed by atoms with Crippen LogP contribution >= 0.6 is 0 Å². The third-order valence-corrected chi connectivity index (χ3v) is 1.80. The summed E-state index contributed by atoms with van der Waals surface area (Å²) in [5, 5.41) is 3.03. The summed E-state index contributed by atoms with van der Waals surface area (Å²) in [4.78, 5) is 8.47. The molecule has 12 heavy (non-hydrogen) atoms. The SMILES string of the molecule is C=C1NC(C)=Nc2c1ncn2C. The first-order valence-corrected chi connectivity index (χ1v) is 3.71. The van der Waals surface area contributed by atoms with E-state index in [1.165, 1.54) is 0 Å². The summed E-state index contributed by atoms with van der Waals surface area (Å²) in [6.07, 6.45) is 1.74. The minimum atomic E-state index is 0.818. The van der Waals surface area contributed by atoms with Gasteiger partial charge < -0.3 is 9.88 Å². The molecule has 0 aliphatic carbocycles. The number of rotatable bonds is 0. The Balaban J connectivity index is 2.65. The fourth-order valence-electron chi connectivity index (χ4n) is 1.23. The van der Waals surface area contributed by atoms with E-state index >= 15 is 0 Å². The van der Waals surface area contributed by atoms with Crippen molar-refractivity contribution in [2.45, 2.75) is 6.92 Å². The molecule has 0 atom stereocenters. The van der Waals surface area contributed by atoms with Crippen LogP contribution in [0.15, 0.2) is 17.9 Å². The minimum absolute atomic E-state index is 0.818. The van der Waals surface area contributed by atoms with Crippen LogP contribution in [-0.4, -0.2) is 15.4 Å². The van der Waals surface area contributed by atoms with E-state index in [4.69, 9.17) is 0 Å². The Morgan fingerprint density at radius 1 is 1.58 bits per heavy atom. The van der Waals surface area contributed by atoms with Gasteiger partial charge in [0.1, 0.15) is 11.5 Å². The molecule has 0 saturated heterocycles. The van der Waals surface area contributed by atoms with Gasteiger partial charge in [-0.3, -0.25) is 0 Å². The summed E-state index contributed by atoms with van der Waals surface area (Å²) in [6.45, 7) is 5.76. The molecule has 0 aromatic carbocycles. The predicted octanol–water partition coefficient (Wildman–Crippen LogP) is 1.04. The van der Waals surface area contributed by atoms with Crippen molar-refractivity contribution in [2.75, 3.05) is 0 Å². The van der Waals surface area contributed by atoms with Crippen molar-refractivity contribution in [3.8, 4) is 0 Å². The Hall–Kier alpha value is -1.58. The molecular weight excluding hydrogens is 152 g/mol. The predicted molar refractivity (Wildman–Crippen MR) is 48.1 cm³/mol. The molecule has 0 saturated carbocycles. The van der Waals surface area contributed by atoms with Crippen LogP contribution < -0.4 is 5.32 Å². The van der Waals surface area contributed by atoms with Crippen molar-refractivity contribution in [3.05, 3.63) is 18.6 Å². The number of aromatic nitrogens is 2. The van der Waals surface area contributed by atoms with Gasteiger partial charge in [0.15, 0.2) is 5.82 Å². The number of hydrogen-bond acceptors (Lipinski definition) is 3. The minimum Gasteiger partial charge on any atom is -0.343 e. The lowest BCUT2D eigenvalue weighted by Gasteiger charge is -2.13. The highest BCUT2D eigenvalue weighted by molar-refractivity contribution is 5.94. The van der Waals surface area contributed by atoms with E-state index in [1.54, 1.807) is 6.33 Å². The maximum absolute atomic E-state index is 4.30. The van der Waals surface area contributed by atoms with Crippen molar-refractivity contribution in [1.29, 1.82) is 0 Å². The Labute approximate surface area is 70.6 Å². The van der Waals surface area contributed by atoms with Crippen molar-refractivity contribution in [2.24, 2.45) is 12.0 Å². The van der Waals surface area contributed by atoms with Gasteiger partial charge in [0, 0.05) is 7.05 Å². The number of aryl methyl sites for hydroxylation is 1. The Bertz CT molecular complexity index is 372. The molecule has 0 bridgehead atoms. The highest BCUT2D eigenvalue weighted by Gasteiger charge is 2.16. The van der Waals surface area contributed by atoms with Crippen LogP contribution in [0.2, 0.25) is 0 Å². The van der Waals surface area contributed by atoms with Crippen LogP contribution in [-0.2, 0) is 7.05 Å². The van der Waals surface area contributed by atoms with Crippen LogP contribution in [0, 0.1) is 0 Å². The second-order valence-electron chi connectivity index (χ2n) is 2.83. The van der Waals surface area contributed by atoms with E-state index in [9.17, 15) is 0 Å². The molecule has 0 spiro atoms. The van der Waals surface area contributed by atoms with Gasteiger partial charge in [0.25, 0.3) is 0 Å². The zero-order chi connectivity index (χ0) is 8.72. The molecule has 0 unspecified atom stereocenters. The zero-order valence-electron chi connectivity index (χ0n) is 7.13. The summed E-state index contributed by atoms with van der Waals surface area (Å²) in [6, 6.07) is 0. The molecule has 0 amide bonds. The van der Waals surface area contributed by atoms with Crippen LogP contribution in [0.5, 0.6) is 0 Å². The first-order chi connectivity index (χ1) is 5.68. The smallest absolute Gasteiger partial charge is 0.163 e. The molecule has 2 heterocycles. The quantitative estimate of drug-likeness (QED) is 0.619. The second kappa shape index (κ2) is 2.20. The molecule has 0 radical (unpaired) electrons. The number of nitrogens with one attached hydrogen (secondary N) is 1. The summed E-state index contributed by atoms with van der Waals surface area (Å²) >= 11 is 0. The Morgan fingerprint density at radius 3 is 3.08 bits per heavy atom. The Kier molecular flexibility index (Phi) is 1.30. The van der Waals surface area contributed by atoms with Crippen LogP contribution in [0.4, 0.5) is 5.82 Å². The van der Waals surface area contributed by atoms with E-state index in [2.05, 4.69) is 21.9 Å². The van der Waals surface area contributed by atoms with E-state index in [0.29, 0.717) is 0 Å². The molecule has 1 aliphatic heterocycles. The zero-order valence-corrected chi connectivity index (χ0v) is 7.13. The van der Waals surface area contributed by atoms with Crippen molar-refractivity contribution in [3.63, 3.8) is 0 Å². The van der Waals surface area contributed by atoms with Gasteiger partial charge in [-0.15, -0.1) is 0 Å². The van der Waals surface area contributed by atoms with Gasteiger partial charge in [-0.1, -0.05) is 6.58 Å². The van der Waals surface area contributed by atoms with Crippen LogP contribution in [0.1, 0.15) is 12.6 Å². The number of aliphatic imine (C=N–C) groups is 1. The summed E-state index contributed by atoms with van der Waals surface area (Å²) < 4.78 is 1.88. The molecule has 4 heteroatoms. The molecule has 1 aromatic heterocycles. The average Bonchev–Trinajstić information content (AvgIpc) is 2.33. The molecule has 2 rings (SSSR count). The van der Waals surface area contributed by atoms with Gasteiger partial charge >= 0.3 is 0 Å². The summed E-state index contributed by atoms with van der Waals surface area (Å²) in [5.41, 5.74) is 1.65. The third-order valence-electron chi connectivity index (χ3n) is 1.80. The van der Waals surface area contributed by atoms with E-state index < -0.39 is 0 Å².